The van der Waals surface area contributed by atoms with E-state index >= 15 is 0 Å². The Kier molecular flexibility index (Phi) is 7.30. The van der Waals surface area contributed by atoms with Crippen LogP contribution < -0.4 is 20.3 Å². The molecule has 1 aliphatic rings. The third-order valence-corrected chi connectivity index (χ3v) is 5.10. The van der Waals surface area contributed by atoms with Crippen LogP contribution in [0, 0.1) is 5.92 Å². The lowest BCUT2D eigenvalue weighted by atomic mass is 10.0. The van der Waals surface area contributed by atoms with Gasteiger partial charge in [-0.05, 0) is 54.4 Å². The number of nitrogens with zero attached hydrogens (tertiary/aromatic N) is 1. The molecule has 30 heavy (non-hydrogen) atoms. The van der Waals surface area contributed by atoms with Crippen molar-refractivity contribution >= 4 is 23.2 Å². The molecule has 1 heterocycles. The Labute approximate surface area is 177 Å². The standard InChI is InChI=1S/C23H29N3O4/c1-16(2)21(25-22(27)17-4-10-20(29-3)11-5-17)23(28)24-18-6-8-19(9-7-18)26-12-14-30-15-13-26/h4-11,16,21H,12-15H2,1-3H3,(H,24,28)(H,25,27). The van der Waals surface area contributed by atoms with Crippen molar-refractivity contribution in [1.29, 1.82) is 0 Å². The molecular weight excluding hydrogens is 382 g/mol. The highest BCUT2D eigenvalue weighted by Gasteiger charge is 2.25. The molecule has 2 N–H and O–H groups in total. The van der Waals surface area contributed by atoms with Gasteiger partial charge in [0.05, 0.1) is 20.3 Å². The minimum Gasteiger partial charge on any atom is -0.497 e. The lowest BCUT2D eigenvalue weighted by molar-refractivity contribution is -0.118. The molecule has 0 spiro atoms. The van der Waals surface area contributed by atoms with E-state index in [1.807, 2.05) is 38.1 Å². The van der Waals surface area contributed by atoms with Crippen molar-refractivity contribution in [3.05, 3.63) is 54.1 Å². The van der Waals surface area contributed by atoms with Crippen molar-refractivity contribution < 1.29 is 19.1 Å². The first-order valence-corrected chi connectivity index (χ1v) is 10.2. The fourth-order valence-corrected chi connectivity index (χ4v) is 3.30. The SMILES string of the molecule is COc1ccc(C(=O)NC(C(=O)Nc2ccc(N3CCOCC3)cc2)C(C)C)cc1. The minimum atomic E-state index is -0.654. The molecule has 7 heteroatoms. The molecule has 160 valence electrons. The largest absolute Gasteiger partial charge is 0.497 e. The Bertz CT molecular complexity index is 844. The number of anilines is 2. The van der Waals surface area contributed by atoms with Crippen molar-refractivity contribution in [1.82, 2.24) is 5.32 Å². The van der Waals surface area contributed by atoms with Gasteiger partial charge < -0.3 is 25.0 Å². The molecule has 7 nitrogen and oxygen atoms in total. The summed E-state index contributed by atoms with van der Waals surface area (Å²) in [6.07, 6.45) is 0. The summed E-state index contributed by atoms with van der Waals surface area (Å²) in [5, 5.41) is 5.75. The minimum absolute atomic E-state index is 0.0696. The van der Waals surface area contributed by atoms with Gasteiger partial charge >= 0.3 is 0 Å². The number of hydrogen-bond acceptors (Lipinski definition) is 5. The first kappa shape index (κ1) is 21.6. The number of methoxy groups -OCH3 is 1. The monoisotopic (exact) mass is 411 g/mol. The molecule has 0 aliphatic carbocycles. The van der Waals surface area contributed by atoms with Gasteiger partial charge in [0.15, 0.2) is 0 Å². The van der Waals surface area contributed by atoms with E-state index in [2.05, 4.69) is 15.5 Å². The molecule has 2 aromatic rings. The maximum absolute atomic E-state index is 12.8. The van der Waals surface area contributed by atoms with Crippen molar-refractivity contribution in [2.75, 3.05) is 43.6 Å². The molecule has 1 fully saturated rings. The molecule has 0 aromatic heterocycles. The molecule has 0 radical (unpaired) electrons. The number of benzene rings is 2. The molecule has 2 amide bonds. The third-order valence-electron chi connectivity index (χ3n) is 5.10. The Hall–Kier alpha value is -3.06. The Morgan fingerprint density at radius 3 is 2.20 bits per heavy atom. The molecule has 1 atom stereocenters. The Morgan fingerprint density at radius 1 is 1.00 bits per heavy atom. The Balaban J connectivity index is 1.62. The fourth-order valence-electron chi connectivity index (χ4n) is 3.30. The van der Waals surface area contributed by atoms with Gasteiger partial charge in [-0.3, -0.25) is 9.59 Å². The first-order chi connectivity index (χ1) is 14.5. The van der Waals surface area contributed by atoms with Gasteiger partial charge in [-0.2, -0.15) is 0 Å². The number of hydrogen-bond donors (Lipinski definition) is 2. The van der Waals surface area contributed by atoms with Crippen LogP contribution in [0.15, 0.2) is 48.5 Å². The number of amides is 2. The number of carbonyl (C=O) groups is 2. The molecule has 1 saturated heterocycles. The second-order valence-electron chi connectivity index (χ2n) is 7.56. The average molecular weight is 412 g/mol. The van der Waals surface area contributed by atoms with Crippen molar-refractivity contribution in [2.24, 2.45) is 5.92 Å². The van der Waals surface area contributed by atoms with Gasteiger partial charge in [-0.25, -0.2) is 0 Å². The van der Waals surface area contributed by atoms with Crippen molar-refractivity contribution in [3.63, 3.8) is 0 Å². The van der Waals surface area contributed by atoms with Gasteiger partial charge in [0.2, 0.25) is 5.91 Å². The van der Waals surface area contributed by atoms with Crippen LogP contribution in [0.5, 0.6) is 5.75 Å². The summed E-state index contributed by atoms with van der Waals surface area (Å²) < 4.78 is 10.5. The van der Waals surface area contributed by atoms with Crippen molar-refractivity contribution in [2.45, 2.75) is 19.9 Å². The van der Waals surface area contributed by atoms with Gasteiger partial charge in [0, 0.05) is 30.0 Å². The van der Waals surface area contributed by atoms with E-state index in [0.717, 1.165) is 32.0 Å². The van der Waals surface area contributed by atoms with E-state index in [1.54, 1.807) is 31.4 Å². The summed E-state index contributed by atoms with van der Waals surface area (Å²) in [5.41, 5.74) is 2.27. The fraction of sp³-hybridized carbons (Fsp3) is 0.391. The quantitative estimate of drug-likeness (QED) is 0.732. The zero-order chi connectivity index (χ0) is 21.5. The van der Waals surface area contributed by atoms with Crippen LogP contribution in [-0.4, -0.2) is 51.3 Å². The summed E-state index contributed by atoms with van der Waals surface area (Å²) in [7, 11) is 1.57. The number of morpholine rings is 1. The lowest BCUT2D eigenvalue weighted by Crippen LogP contribution is -2.47. The van der Waals surface area contributed by atoms with E-state index in [4.69, 9.17) is 9.47 Å². The van der Waals surface area contributed by atoms with Gasteiger partial charge in [-0.1, -0.05) is 13.8 Å². The van der Waals surface area contributed by atoms with Gasteiger partial charge in [0.25, 0.3) is 5.91 Å². The zero-order valence-corrected chi connectivity index (χ0v) is 17.7. The normalized spacial score (nSPS) is 14.9. The topological polar surface area (TPSA) is 79.9 Å². The van der Waals surface area contributed by atoms with Gasteiger partial charge in [-0.15, -0.1) is 0 Å². The van der Waals surface area contributed by atoms with E-state index in [1.165, 1.54) is 0 Å². The predicted octanol–water partition coefficient (Wildman–Crippen LogP) is 2.92. The average Bonchev–Trinajstić information content (AvgIpc) is 2.78. The molecule has 0 bridgehead atoms. The number of rotatable bonds is 7. The van der Waals surface area contributed by atoms with Gasteiger partial charge in [0.1, 0.15) is 11.8 Å². The van der Waals surface area contributed by atoms with Crippen LogP contribution >= 0.6 is 0 Å². The van der Waals surface area contributed by atoms with Crippen LogP contribution in [0.1, 0.15) is 24.2 Å². The van der Waals surface area contributed by atoms with Crippen LogP contribution in [0.25, 0.3) is 0 Å². The van der Waals surface area contributed by atoms with Crippen LogP contribution in [0.3, 0.4) is 0 Å². The number of nitrogens with one attached hydrogen (secondary N) is 2. The summed E-state index contributed by atoms with van der Waals surface area (Å²) in [6.45, 7) is 6.97. The summed E-state index contributed by atoms with van der Waals surface area (Å²) in [6, 6.07) is 13.9. The number of ether oxygens (including phenoxy) is 2. The molecule has 3 rings (SSSR count). The van der Waals surface area contributed by atoms with Crippen LogP contribution in [0.4, 0.5) is 11.4 Å². The lowest BCUT2D eigenvalue weighted by Gasteiger charge is -2.29. The van der Waals surface area contributed by atoms with E-state index in [-0.39, 0.29) is 17.7 Å². The van der Waals surface area contributed by atoms with E-state index in [0.29, 0.717) is 17.0 Å². The maximum atomic E-state index is 12.8. The summed E-state index contributed by atoms with van der Waals surface area (Å²) in [5.74, 6) is 0.0604. The highest BCUT2D eigenvalue weighted by atomic mass is 16.5. The van der Waals surface area contributed by atoms with E-state index in [9.17, 15) is 9.59 Å². The molecular formula is C23H29N3O4. The first-order valence-electron chi connectivity index (χ1n) is 10.2. The van der Waals surface area contributed by atoms with E-state index < -0.39 is 6.04 Å². The Morgan fingerprint density at radius 2 is 1.63 bits per heavy atom. The third kappa shape index (κ3) is 5.51. The van der Waals surface area contributed by atoms with Crippen LogP contribution in [0.2, 0.25) is 0 Å². The molecule has 0 saturated carbocycles. The molecule has 1 aliphatic heterocycles. The predicted molar refractivity (Wildman–Crippen MR) is 117 cm³/mol. The highest BCUT2D eigenvalue weighted by molar-refractivity contribution is 6.01. The second-order valence-corrected chi connectivity index (χ2v) is 7.56. The number of carbonyl (C=O) groups excluding carboxylic acids is 2. The highest BCUT2D eigenvalue weighted by Crippen LogP contribution is 2.20. The summed E-state index contributed by atoms with van der Waals surface area (Å²) in [4.78, 5) is 27.7. The van der Waals surface area contributed by atoms with Crippen molar-refractivity contribution in [3.8, 4) is 5.75 Å². The summed E-state index contributed by atoms with van der Waals surface area (Å²) >= 11 is 0. The zero-order valence-electron chi connectivity index (χ0n) is 17.7. The molecule has 2 aromatic carbocycles. The molecule has 1 unspecified atom stereocenters. The maximum Gasteiger partial charge on any atom is 0.251 e. The second kappa shape index (κ2) is 10.1. The van der Waals surface area contributed by atoms with Crippen LogP contribution in [-0.2, 0) is 9.53 Å². The smallest absolute Gasteiger partial charge is 0.251 e.